The van der Waals surface area contributed by atoms with Gasteiger partial charge in [0.1, 0.15) is 11.5 Å². The summed E-state index contributed by atoms with van der Waals surface area (Å²) in [6.07, 6.45) is 2.60. The fraction of sp³-hybridized carbons (Fsp3) is 0.308. The smallest absolute Gasteiger partial charge is 0.148 e. The molecule has 1 aromatic heterocycles. The Hall–Kier alpha value is -1.88. The molecule has 2 aromatic rings. The second-order valence-corrected chi connectivity index (χ2v) is 4.08. The zero-order chi connectivity index (χ0) is 13.0. The van der Waals surface area contributed by atoms with Crippen molar-refractivity contribution in [1.82, 2.24) is 9.78 Å². The Morgan fingerprint density at radius 1 is 1.39 bits per heavy atom. The van der Waals surface area contributed by atoms with Crippen LogP contribution >= 0.6 is 0 Å². The van der Waals surface area contributed by atoms with E-state index in [-0.39, 0.29) is 5.82 Å². The summed E-state index contributed by atoms with van der Waals surface area (Å²) in [5.41, 5.74) is 7.69. The van der Waals surface area contributed by atoms with Crippen molar-refractivity contribution < 1.29 is 4.39 Å². The fourth-order valence-corrected chi connectivity index (χ4v) is 1.77. The van der Waals surface area contributed by atoms with Gasteiger partial charge in [-0.1, -0.05) is 12.1 Å². The predicted octanol–water partition coefficient (Wildman–Crippen LogP) is 2.08. The number of hydrogen-bond acceptors (Lipinski definition) is 3. The molecule has 0 spiro atoms. The van der Waals surface area contributed by atoms with Crippen LogP contribution < -0.4 is 11.1 Å². The summed E-state index contributed by atoms with van der Waals surface area (Å²) in [6.45, 7) is 3.35. The van der Waals surface area contributed by atoms with Crippen LogP contribution in [0.25, 0.3) is 5.69 Å². The Morgan fingerprint density at radius 3 is 2.89 bits per heavy atom. The Balaban J connectivity index is 2.23. The Morgan fingerprint density at radius 2 is 2.17 bits per heavy atom. The highest BCUT2D eigenvalue weighted by atomic mass is 19.1. The van der Waals surface area contributed by atoms with Gasteiger partial charge in [0.25, 0.3) is 0 Å². The number of nitrogens with two attached hydrogens (primary N) is 1. The van der Waals surface area contributed by atoms with Crippen molar-refractivity contribution in [1.29, 1.82) is 0 Å². The Kier molecular flexibility index (Phi) is 3.94. The lowest BCUT2D eigenvalue weighted by molar-refractivity contribution is 0.608. The quantitative estimate of drug-likeness (QED) is 0.796. The van der Waals surface area contributed by atoms with E-state index in [1.54, 1.807) is 29.1 Å². The zero-order valence-corrected chi connectivity index (χ0v) is 10.4. The van der Waals surface area contributed by atoms with Gasteiger partial charge >= 0.3 is 0 Å². The van der Waals surface area contributed by atoms with E-state index in [1.807, 2.05) is 6.92 Å². The molecular weight excluding hydrogens is 231 g/mol. The van der Waals surface area contributed by atoms with Crippen molar-refractivity contribution in [2.75, 3.05) is 18.4 Å². The third-order valence-corrected chi connectivity index (χ3v) is 2.79. The lowest BCUT2D eigenvalue weighted by Gasteiger charge is -2.07. The van der Waals surface area contributed by atoms with Crippen molar-refractivity contribution in [2.24, 2.45) is 5.73 Å². The third kappa shape index (κ3) is 2.51. The van der Waals surface area contributed by atoms with Gasteiger partial charge in [0.15, 0.2) is 0 Å². The number of anilines is 1. The van der Waals surface area contributed by atoms with Crippen molar-refractivity contribution in [3.05, 3.63) is 42.0 Å². The molecule has 0 unspecified atom stereocenters. The first-order valence-electron chi connectivity index (χ1n) is 5.97. The molecule has 4 nitrogen and oxygen atoms in total. The number of benzene rings is 1. The number of para-hydroxylation sites is 1. The van der Waals surface area contributed by atoms with Crippen LogP contribution in [0.1, 0.15) is 12.1 Å². The van der Waals surface area contributed by atoms with Gasteiger partial charge in [0.05, 0.1) is 17.6 Å². The molecule has 0 aliphatic rings. The number of rotatable bonds is 5. The Labute approximate surface area is 106 Å². The first kappa shape index (κ1) is 12.6. The van der Waals surface area contributed by atoms with Crippen LogP contribution in [-0.4, -0.2) is 22.9 Å². The van der Waals surface area contributed by atoms with E-state index in [4.69, 9.17) is 5.73 Å². The van der Waals surface area contributed by atoms with Crippen LogP contribution in [0.3, 0.4) is 0 Å². The molecular formula is C13H17FN4. The maximum atomic E-state index is 13.7. The molecule has 0 aliphatic carbocycles. The highest BCUT2D eigenvalue weighted by molar-refractivity contribution is 5.49. The van der Waals surface area contributed by atoms with Gasteiger partial charge in [-0.25, -0.2) is 9.07 Å². The molecule has 0 saturated carbocycles. The van der Waals surface area contributed by atoms with E-state index >= 15 is 0 Å². The van der Waals surface area contributed by atoms with Gasteiger partial charge < -0.3 is 11.1 Å². The van der Waals surface area contributed by atoms with Crippen molar-refractivity contribution >= 4 is 5.69 Å². The molecule has 3 N–H and O–H groups in total. The second kappa shape index (κ2) is 5.64. The van der Waals surface area contributed by atoms with Gasteiger partial charge in [0.2, 0.25) is 0 Å². The van der Waals surface area contributed by atoms with Crippen LogP contribution in [0.15, 0.2) is 30.5 Å². The number of nitrogens with zero attached hydrogens (tertiary/aromatic N) is 2. The molecule has 0 amide bonds. The maximum Gasteiger partial charge on any atom is 0.148 e. The molecule has 0 aliphatic heterocycles. The van der Waals surface area contributed by atoms with E-state index in [0.29, 0.717) is 12.2 Å². The van der Waals surface area contributed by atoms with Crippen LogP contribution in [0.2, 0.25) is 0 Å². The van der Waals surface area contributed by atoms with E-state index < -0.39 is 0 Å². The molecule has 0 radical (unpaired) electrons. The molecule has 0 bridgehead atoms. The molecule has 0 saturated heterocycles. The Bertz CT molecular complexity index is 521. The minimum absolute atomic E-state index is 0.280. The van der Waals surface area contributed by atoms with Gasteiger partial charge in [0, 0.05) is 6.54 Å². The molecule has 0 atom stereocenters. The monoisotopic (exact) mass is 248 g/mol. The summed E-state index contributed by atoms with van der Waals surface area (Å²) >= 11 is 0. The first-order valence-corrected chi connectivity index (χ1v) is 5.97. The van der Waals surface area contributed by atoms with Gasteiger partial charge in [-0.3, -0.25) is 0 Å². The zero-order valence-electron chi connectivity index (χ0n) is 10.4. The normalized spacial score (nSPS) is 10.6. The summed E-state index contributed by atoms with van der Waals surface area (Å²) in [5, 5.41) is 7.45. The topological polar surface area (TPSA) is 55.9 Å². The molecule has 5 heteroatoms. The van der Waals surface area contributed by atoms with E-state index in [2.05, 4.69) is 10.4 Å². The van der Waals surface area contributed by atoms with E-state index in [1.165, 1.54) is 6.07 Å². The summed E-state index contributed by atoms with van der Waals surface area (Å²) in [5.74, 6) is -0.280. The summed E-state index contributed by atoms with van der Waals surface area (Å²) in [4.78, 5) is 0. The largest absolute Gasteiger partial charge is 0.382 e. The van der Waals surface area contributed by atoms with E-state index in [0.717, 1.165) is 24.3 Å². The predicted molar refractivity (Wildman–Crippen MR) is 70.4 cm³/mol. The van der Waals surface area contributed by atoms with Crippen LogP contribution in [0.4, 0.5) is 10.1 Å². The summed E-state index contributed by atoms with van der Waals surface area (Å²) in [6, 6.07) is 6.59. The van der Waals surface area contributed by atoms with Gasteiger partial charge in [-0.15, -0.1) is 0 Å². The molecule has 1 heterocycles. The third-order valence-electron chi connectivity index (χ3n) is 2.79. The van der Waals surface area contributed by atoms with Crippen LogP contribution in [0, 0.1) is 12.7 Å². The number of nitrogens with one attached hydrogen (secondary N) is 1. The highest BCUT2D eigenvalue weighted by Crippen LogP contribution is 2.20. The summed E-state index contributed by atoms with van der Waals surface area (Å²) in [7, 11) is 0. The van der Waals surface area contributed by atoms with Crippen LogP contribution in [-0.2, 0) is 0 Å². The van der Waals surface area contributed by atoms with E-state index in [9.17, 15) is 4.39 Å². The second-order valence-electron chi connectivity index (χ2n) is 4.08. The number of aromatic nitrogens is 2. The van der Waals surface area contributed by atoms with Crippen molar-refractivity contribution in [2.45, 2.75) is 13.3 Å². The first-order chi connectivity index (χ1) is 8.74. The van der Waals surface area contributed by atoms with Crippen LogP contribution in [0.5, 0.6) is 0 Å². The molecule has 96 valence electrons. The molecule has 0 fully saturated rings. The van der Waals surface area contributed by atoms with Crippen molar-refractivity contribution in [3.8, 4) is 5.69 Å². The number of halogens is 1. The average Bonchev–Trinajstić information content (AvgIpc) is 2.72. The summed E-state index contributed by atoms with van der Waals surface area (Å²) < 4.78 is 15.3. The molecule has 2 rings (SSSR count). The maximum absolute atomic E-state index is 13.7. The number of hydrogen-bond donors (Lipinski definition) is 2. The van der Waals surface area contributed by atoms with Crippen molar-refractivity contribution in [3.63, 3.8) is 0 Å². The lowest BCUT2D eigenvalue weighted by atomic mass is 10.3. The molecule has 18 heavy (non-hydrogen) atoms. The standard InChI is InChI=1S/C13H17FN4/c1-10-12(16-8-4-7-15)9-17-18(10)13-6-3-2-5-11(13)14/h2-3,5-6,9,16H,4,7-8,15H2,1H3. The minimum Gasteiger partial charge on any atom is -0.382 e. The fourth-order valence-electron chi connectivity index (χ4n) is 1.77. The lowest BCUT2D eigenvalue weighted by Crippen LogP contribution is -2.09. The molecule has 1 aromatic carbocycles. The highest BCUT2D eigenvalue weighted by Gasteiger charge is 2.10. The minimum atomic E-state index is -0.280. The van der Waals surface area contributed by atoms with Gasteiger partial charge in [-0.2, -0.15) is 5.10 Å². The average molecular weight is 248 g/mol. The SMILES string of the molecule is Cc1c(NCCCN)cnn1-c1ccccc1F. The van der Waals surface area contributed by atoms with Gasteiger partial charge in [-0.05, 0) is 32.0 Å².